The number of Topliss-reactive ketones (excluding diaryl/α,β-unsaturated/α-hetero) is 2. The molecule has 0 atom stereocenters. The zero-order chi connectivity index (χ0) is 21.1. The zero-order valence-corrected chi connectivity index (χ0v) is 17.1. The number of nitrogens with one attached hydrogen (secondary N) is 1. The van der Waals surface area contributed by atoms with Crippen LogP contribution < -0.4 is 10.1 Å². The van der Waals surface area contributed by atoms with Crippen LogP contribution in [0.25, 0.3) is 0 Å². The molecule has 1 amide bonds. The van der Waals surface area contributed by atoms with Gasteiger partial charge < -0.3 is 10.1 Å². The van der Waals surface area contributed by atoms with E-state index in [0.717, 1.165) is 12.8 Å². The molecule has 1 N–H and O–H groups in total. The molecule has 0 radical (unpaired) electrons. The molecule has 0 unspecified atom stereocenters. The van der Waals surface area contributed by atoms with Crippen LogP contribution in [0.15, 0.2) is 48.5 Å². The van der Waals surface area contributed by atoms with E-state index in [1.807, 2.05) is 24.3 Å². The summed E-state index contributed by atoms with van der Waals surface area (Å²) in [5.74, 6) is 0.804. The van der Waals surface area contributed by atoms with Gasteiger partial charge in [0.05, 0.1) is 18.5 Å². The SMILES string of the molecule is CCC(=O)Nc1ccc(C(=O)CN2CCC3(CC2)CC(=O)c2ccccc2O3)cc1. The van der Waals surface area contributed by atoms with Gasteiger partial charge in [0.2, 0.25) is 5.91 Å². The summed E-state index contributed by atoms with van der Waals surface area (Å²) in [4.78, 5) is 38.8. The summed E-state index contributed by atoms with van der Waals surface area (Å²) < 4.78 is 6.26. The minimum absolute atomic E-state index is 0.0466. The molecule has 0 bridgehead atoms. The van der Waals surface area contributed by atoms with Crippen molar-refractivity contribution in [3.05, 3.63) is 59.7 Å². The highest BCUT2D eigenvalue weighted by Crippen LogP contribution is 2.39. The lowest BCUT2D eigenvalue weighted by molar-refractivity contribution is -0.115. The summed E-state index contributed by atoms with van der Waals surface area (Å²) in [7, 11) is 0. The van der Waals surface area contributed by atoms with Crippen molar-refractivity contribution in [1.82, 2.24) is 4.90 Å². The normalized spacial score (nSPS) is 17.8. The van der Waals surface area contributed by atoms with Gasteiger partial charge in [-0.3, -0.25) is 19.3 Å². The number of hydrogen-bond acceptors (Lipinski definition) is 5. The maximum atomic E-state index is 12.7. The number of anilines is 1. The summed E-state index contributed by atoms with van der Waals surface area (Å²) in [6.45, 7) is 3.56. The van der Waals surface area contributed by atoms with E-state index in [1.54, 1.807) is 31.2 Å². The number of piperidine rings is 1. The first-order chi connectivity index (χ1) is 14.5. The van der Waals surface area contributed by atoms with E-state index in [2.05, 4.69) is 10.2 Å². The molecule has 1 fully saturated rings. The van der Waals surface area contributed by atoms with E-state index < -0.39 is 5.60 Å². The number of likely N-dealkylation sites (tertiary alicyclic amines) is 1. The maximum Gasteiger partial charge on any atom is 0.224 e. The smallest absolute Gasteiger partial charge is 0.224 e. The number of nitrogens with zero attached hydrogens (tertiary/aromatic N) is 1. The molecule has 2 aromatic rings. The second-order valence-corrected chi connectivity index (χ2v) is 8.06. The van der Waals surface area contributed by atoms with Crippen molar-refractivity contribution in [2.75, 3.05) is 25.0 Å². The van der Waals surface area contributed by atoms with Gasteiger partial charge in [0, 0.05) is 43.6 Å². The Bertz CT molecular complexity index is 959. The molecule has 2 heterocycles. The van der Waals surface area contributed by atoms with Gasteiger partial charge in [-0.1, -0.05) is 19.1 Å². The highest BCUT2D eigenvalue weighted by Gasteiger charge is 2.42. The van der Waals surface area contributed by atoms with E-state index in [0.29, 0.717) is 55.0 Å². The quantitative estimate of drug-likeness (QED) is 0.766. The van der Waals surface area contributed by atoms with E-state index in [9.17, 15) is 14.4 Å². The topological polar surface area (TPSA) is 75.7 Å². The van der Waals surface area contributed by atoms with Crippen LogP contribution in [-0.2, 0) is 4.79 Å². The highest BCUT2D eigenvalue weighted by atomic mass is 16.5. The minimum atomic E-state index is -0.454. The van der Waals surface area contributed by atoms with Gasteiger partial charge in [-0.2, -0.15) is 0 Å². The van der Waals surface area contributed by atoms with Gasteiger partial charge in [-0.25, -0.2) is 0 Å². The molecule has 1 saturated heterocycles. The number of hydrogen-bond donors (Lipinski definition) is 1. The Morgan fingerprint density at radius 2 is 1.77 bits per heavy atom. The van der Waals surface area contributed by atoms with Crippen LogP contribution in [0.5, 0.6) is 5.75 Å². The Kier molecular flexibility index (Phi) is 5.68. The number of para-hydroxylation sites is 1. The Morgan fingerprint density at radius 3 is 2.47 bits per heavy atom. The first-order valence-electron chi connectivity index (χ1n) is 10.4. The second kappa shape index (κ2) is 8.40. The first-order valence-corrected chi connectivity index (χ1v) is 10.4. The number of ether oxygens (including phenoxy) is 1. The van der Waals surface area contributed by atoms with Gasteiger partial charge in [0.1, 0.15) is 11.4 Å². The van der Waals surface area contributed by atoms with Gasteiger partial charge in [0.15, 0.2) is 11.6 Å². The molecule has 2 aromatic carbocycles. The Balaban J connectivity index is 1.33. The average molecular weight is 406 g/mol. The molecule has 2 aliphatic heterocycles. The predicted molar refractivity (Wildman–Crippen MR) is 114 cm³/mol. The van der Waals surface area contributed by atoms with Gasteiger partial charge >= 0.3 is 0 Å². The van der Waals surface area contributed by atoms with Crippen LogP contribution in [0.3, 0.4) is 0 Å². The van der Waals surface area contributed by atoms with Crippen LogP contribution in [0.2, 0.25) is 0 Å². The molecule has 156 valence electrons. The number of amides is 1. The molecule has 0 saturated carbocycles. The molecule has 0 aliphatic carbocycles. The number of benzene rings is 2. The van der Waals surface area contributed by atoms with Gasteiger partial charge in [-0.05, 0) is 36.4 Å². The molecular formula is C24H26N2O4. The lowest BCUT2D eigenvalue weighted by Gasteiger charge is -2.43. The average Bonchev–Trinajstić information content (AvgIpc) is 2.76. The largest absolute Gasteiger partial charge is 0.486 e. The van der Waals surface area contributed by atoms with Crippen molar-refractivity contribution >= 4 is 23.2 Å². The molecule has 30 heavy (non-hydrogen) atoms. The fourth-order valence-corrected chi connectivity index (χ4v) is 4.12. The zero-order valence-electron chi connectivity index (χ0n) is 17.1. The van der Waals surface area contributed by atoms with Crippen molar-refractivity contribution in [2.24, 2.45) is 0 Å². The standard InChI is InChI=1S/C24H26N2O4/c1-2-23(29)25-18-9-7-17(8-10-18)21(28)16-26-13-11-24(12-14-26)15-20(27)19-5-3-4-6-22(19)30-24/h3-10H,2,11-16H2,1H3,(H,25,29). The van der Waals surface area contributed by atoms with Crippen LogP contribution in [0.4, 0.5) is 5.69 Å². The maximum absolute atomic E-state index is 12.7. The van der Waals surface area contributed by atoms with E-state index in [4.69, 9.17) is 4.74 Å². The van der Waals surface area contributed by atoms with Crippen molar-refractivity contribution in [3.8, 4) is 5.75 Å². The summed E-state index contributed by atoms with van der Waals surface area (Å²) in [6.07, 6.45) is 2.26. The van der Waals surface area contributed by atoms with E-state index >= 15 is 0 Å². The number of fused-ring (bicyclic) bond motifs is 1. The van der Waals surface area contributed by atoms with Crippen LogP contribution in [-0.4, -0.2) is 47.6 Å². The Morgan fingerprint density at radius 1 is 1.07 bits per heavy atom. The van der Waals surface area contributed by atoms with Crippen molar-refractivity contribution in [2.45, 2.75) is 38.2 Å². The summed E-state index contributed by atoms with van der Waals surface area (Å²) in [5, 5.41) is 2.78. The monoisotopic (exact) mass is 406 g/mol. The third-order valence-electron chi connectivity index (χ3n) is 5.94. The van der Waals surface area contributed by atoms with Crippen molar-refractivity contribution in [3.63, 3.8) is 0 Å². The predicted octanol–water partition coefficient (Wildman–Crippen LogP) is 3.72. The highest BCUT2D eigenvalue weighted by molar-refractivity contribution is 6.00. The Hall–Kier alpha value is -2.99. The molecule has 6 nitrogen and oxygen atoms in total. The molecule has 2 aliphatic rings. The van der Waals surface area contributed by atoms with Crippen LogP contribution in [0, 0.1) is 0 Å². The number of carbonyl (C=O) groups excluding carboxylic acids is 3. The molecule has 1 spiro atoms. The van der Waals surface area contributed by atoms with Gasteiger partial charge in [-0.15, -0.1) is 0 Å². The fraction of sp³-hybridized carbons (Fsp3) is 0.375. The fourth-order valence-electron chi connectivity index (χ4n) is 4.12. The number of rotatable bonds is 5. The summed E-state index contributed by atoms with van der Waals surface area (Å²) in [6, 6.07) is 14.4. The lowest BCUT2D eigenvalue weighted by atomic mass is 9.82. The van der Waals surface area contributed by atoms with Crippen molar-refractivity contribution < 1.29 is 19.1 Å². The third-order valence-corrected chi connectivity index (χ3v) is 5.94. The Labute approximate surface area is 176 Å². The van der Waals surface area contributed by atoms with E-state index in [1.165, 1.54) is 0 Å². The molecule has 6 heteroatoms. The summed E-state index contributed by atoms with van der Waals surface area (Å²) in [5.41, 5.74) is 1.53. The minimum Gasteiger partial charge on any atom is -0.486 e. The second-order valence-electron chi connectivity index (χ2n) is 8.06. The van der Waals surface area contributed by atoms with Crippen LogP contribution >= 0.6 is 0 Å². The van der Waals surface area contributed by atoms with Crippen LogP contribution in [0.1, 0.15) is 53.3 Å². The third kappa shape index (κ3) is 4.28. The summed E-state index contributed by atoms with van der Waals surface area (Å²) >= 11 is 0. The van der Waals surface area contributed by atoms with Gasteiger partial charge in [0.25, 0.3) is 0 Å². The number of carbonyl (C=O) groups is 3. The molecule has 4 rings (SSSR count). The molecular weight excluding hydrogens is 380 g/mol. The number of ketones is 2. The lowest BCUT2D eigenvalue weighted by Crippen LogP contribution is -2.51. The van der Waals surface area contributed by atoms with Crippen molar-refractivity contribution in [1.29, 1.82) is 0 Å². The first kappa shape index (κ1) is 20.3. The van der Waals surface area contributed by atoms with E-state index in [-0.39, 0.29) is 17.5 Å². The molecule has 0 aromatic heterocycles.